The topological polar surface area (TPSA) is 88.3 Å². The molecule has 3 rings (SSSR count). The molecule has 1 fully saturated rings. The summed E-state index contributed by atoms with van der Waals surface area (Å²) in [6.45, 7) is 5.31. The standard InChI is InChI=1S/C19H24N4O2S/c1-3-16-21-12(2)17(26-16)19(25)22-14-8-5-4-7-13(14)11-23-10-6-9-15(23)18(20)24/h4-5,7-8,15H,3,6,9-11H2,1-2H3,(H2,20,24)(H,22,25). The number of aromatic nitrogens is 1. The van der Waals surface area contributed by atoms with Gasteiger partial charge in [0, 0.05) is 12.2 Å². The van der Waals surface area contributed by atoms with Crippen molar-refractivity contribution < 1.29 is 9.59 Å². The molecule has 1 atom stereocenters. The average molecular weight is 372 g/mol. The van der Waals surface area contributed by atoms with Gasteiger partial charge < -0.3 is 11.1 Å². The normalized spacial score (nSPS) is 17.4. The van der Waals surface area contributed by atoms with Crippen LogP contribution in [-0.4, -0.2) is 34.3 Å². The van der Waals surface area contributed by atoms with E-state index in [1.807, 2.05) is 38.1 Å². The van der Waals surface area contributed by atoms with Crippen molar-refractivity contribution in [2.45, 2.75) is 45.7 Å². The quantitative estimate of drug-likeness (QED) is 0.816. The van der Waals surface area contributed by atoms with Gasteiger partial charge in [0.25, 0.3) is 5.91 Å². The molecule has 2 amide bonds. The Hall–Kier alpha value is -2.25. The van der Waals surface area contributed by atoms with E-state index in [2.05, 4.69) is 15.2 Å². The Morgan fingerprint density at radius 3 is 2.85 bits per heavy atom. The van der Waals surface area contributed by atoms with Gasteiger partial charge in [0.1, 0.15) is 4.88 Å². The number of carbonyl (C=O) groups excluding carboxylic acids is 2. The lowest BCUT2D eigenvalue weighted by atomic mass is 10.1. The number of anilines is 1. The number of nitrogens with one attached hydrogen (secondary N) is 1. The van der Waals surface area contributed by atoms with Crippen LogP contribution in [0.1, 0.15) is 45.7 Å². The lowest BCUT2D eigenvalue weighted by Gasteiger charge is -2.23. The van der Waals surface area contributed by atoms with Gasteiger partial charge in [-0.1, -0.05) is 25.1 Å². The molecular formula is C19H24N4O2S. The molecule has 0 saturated carbocycles. The first-order valence-corrected chi connectivity index (χ1v) is 9.70. The molecule has 1 aromatic heterocycles. The molecule has 2 heterocycles. The molecule has 138 valence electrons. The fraction of sp³-hybridized carbons (Fsp3) is 0.421. The van der Waals surface area contributed by atoms with Crippen molar-refractivity contribution in [3.63, 3.8) is 0 Å². The van der Waals surface area contributed by atoms with Crippen molar-refractivity contribution in [2.24, 2.45) is 5.73 Å². The van der Waals surface area contributed by atoms with E-state index in [1.165, 1.54) is 11.3 Å². The zero-order valence-electron chi connectivity index (χ0n) is 15.1. The third kappa shape index (κ3) is 3.94. The molecule has 0 aliphatic carbocycles. The van der Waals surface area contributed by atoms with Gasteiger partial charge in [-0.05, 0) is 44.4 Å². The Labute approximate surface area is 157 Å². The number of primary amides is 1. The number of aryl methyl sites for hydroxylation is 2. The zero-order valence-corrected chi connectivity index (χ0v) is 15.9. The van der Waals surface area contributed by atoms with Crippen LogP contribution in [-0.2, 0) is 17.8 Å². The monoisotopic (exact) mass is 372 g/mol. The van der Waals surface area contributed by atoms with Gasteiger partial charge in [-0.25, -0.2) is 4.98 Å². The summed E-state index contributed by atoms with van der Waals surface area (Å²) in [7, 11) is 0. The minimum Gasteiger partial charge on any atom is -0.368 e. The molecule has 0 spiro atoms. The number of nitrogens with zero attached hydrogens (tertiary/aromatic N) is 2. The highest BCUT2D eigenvalue weighted by Gasteiger charge is 2.29. The largest absolute Gasteiger partial charge is 0.368 e. The van der Waals surface area contributed by atoms with Crippen LogP contribution >= 0.6 is 11.3 Å². The van der Waals surface area contributed by atoms with Crippen LogP contribution in [0.25, 0.3) is 0 Å². The number of rotatable bonds is 6. The highest BCUT2D eigenvalue weighted by atomic mass is 32.1. The predicted molar refractivity (Wildman–Crippen MR) is 103 cm³/mol. The Bertz CT molecular complexity index is 818. The van der Waals surface area contributed by atoms with Gasteiger partial charge in [-0.2, -0.15) is 0 Å². The number of amides is 2. The molecule has 6 nitrogen and oxygen atoms in total. The number of benzene rings is 1. The average Bonchev–Trinajstić information content (AvgIpc) is 3.23. The predicted octanol–water partition coefficient (Wildman–Crippen LogP) is 2.72. The molecule has 1 aliphatic rings. The first-order chi connectivity index (χ1) is 12.5. The molecule has 0 bridgehead atoms. The highest BCUT2D eigenvalue weighted by molar-refractivity contribution is 7.13. The van der Waals surface area contributed by atoms with Crippen LogP contribution in [0.15, 0.2) is 24.3 Å². The zero-order chi connectivity index (χ0) is 18.7. The maximum Gasteiger partial charge on any atom is 0.267 e. The molecule has 1 saturated heterocycles. The van der Waals surface area contributed by atoms with Crippen molar-refractivity contribution in [3.05, 3.63) is 45.4 Å². The van der Waals surface area contributed by atoms with E-state index in [0.29, 0.717) is 11.4 Å². The maximum atomic E-state index is 12.7. The van der Waals surface area contributed by atoms with Gasteiger partial charge in [-0.15, -0.1) is 11.3 Å². The number of hydrogen-bond donors (Lipinski definition) is 2. The van der Waals surface area contributed by atoms with E-state index in [0.717, 1.165) is 47.8 Å². The number of thiazole rings is 1. The molecular weight excluding hydrogens is 348 g/mol. The first-order valence-electron chi connectivity index (χ1n) is 8.88. The minimum atomic E-state index is -0.281. The van der Waals surface area contributed by atoms with Crippen molar-refractivity contribution in [2.75, 3.05) is 11.9 Å². The lowest BCUT2D eigenvalue weighted by molar-refractivity contribution is -0.122. The SMILES string of the molecule is CCc1nc(C)c(C(=O)Nc2ccccc2CN2CCCC2C(N)=O)s1. The van der Waals surface area contributed by atoms with Crippen molar-refractivity contribution in [3.8, 4) is 0 Å². The van der Waals surface area contributed by atoms with Crippen molar-refractivity contribution in [1.29, 1.82) is 0 Å². The van der Waals surface area contributed by atoms with E-state index in [4.69, 9.17) is 5.73 Å². The maximum absolute atomic E-state index is 12.7. The Kier molecular flexibility index (Phi) is 5.68. The number of likely N-dealkylation sites (tertiary alicyclic amines) is 1. The van der Waals surface area contributed by atoms with E-state index in [1.54, 1.807) is 0 Å². The summed E-state index contributed by atoms with van der Waals surface area (Å²) in [6.07, 6.45) is 2.57. The molecule has 1 aliphatic heterocycles. The Balaban J connectivity index is 1.77. The van der Waals surface area contributed by atoms with Crippen LogP contribution in [0, 0.1) is 6.92 Å². The molecule has 1 aromatic carbocycles. The van der Waals surface area contributed by atoms with Gasteiger partial charge in [-0.3, -0.25) is 14.5 Å². The molecule has 0 radical (unpaired) electrons. The summed E-state index contributed by atoms with van der Waals surface area (Å²) in [4.78, 5) is 31.5. The van der Waals surface area contributed by atoms with Gasteiger partial charge in [0.2, 0.25) is 5.91 Å². The van der Waals surface area contributed by atoms with Crippen molar-refractivity contribution in [1.82, 2.24) is 9.88 Å². The van der Waals surface area contributed by atoms with E-state index < -0.39 is 0 Å². The molecule has 2 aromatic rings. The van der Waals surface area contributed by atoms with Crippen LogP contribution in [0.4, 0.5) is 5.69 Å². The second kappa shape index (κ2) is 7.97. The van der Waals surface area contributed by atoms with Gasteiger partial charge in [0.15, 0.2) is 0 Å². The van der Waals surface area contributed by atoms with Gasteiger partial charge >= 0.3 is 0 Å². The lowest BCUT2D eigenvalue weighted by Crippen LogP contribution is -2.39. The van der Waals surface area contributed by atoms with Crippen LogP contribution in [0.3, 0.4) is 0 Å². The summed E-state index contributed by atoms with van der Waals surface area (Å²) in [5.41, 5.74) is 8.01. The summed E-state index contributed by atoms with van der Waals surface area (Å²) in [5, 5.41) is 3.97. The fourth-order valence-corrected chi connectivity index (χ4v) is 4.23. The van der Waals surface area contributed by atoms with Crippen molar-refractivity contribution >= 4 is 28.8 Å². The number of hydrogen-bond acceptors (Lipinski definition) is 5. The van der Waals surface area contributed by atoms with Crippen LogP contribution in [0.5, 0.6) is 0 Å². The summed E-state index contributed by atoms with van der Waals surface area (Å²) < 4.78 is 0. The van der Waals surface area contributed by atoms with E-state index >= 15 is 0 Å². The highest BCUT2D eigenvalue weighted by Crippen LogP contribution is 2.25. The first kappa shape index (κ1) is 18.5. The smallest absolute Gasteiger partial charge is 0.267 e. The summed E-state index contributed by atoms with van der Waals surface area (Å²) in [5.74, 6) is -0.420. The Morgan fingerprint density at radius 1 is 1.38 bits per heavy atom. The molecule has 26 heavy (non-hydrogen) atoms. The minimum absolute atomic E-state index is 0.139. The molecule has 3 N–H and O–H groups in total. The summed E-state index contributed by atoms with van der Waals surface area (Å²) in [6, 6.07) is 7.47. The number of nitrogens with two attached hydrogens (primary N) is 1. The third-order valence-corrected chi connectivity index (χ3v) is 5.98. The second-order valence-corrected chi connectivity index (χ2v) is 7.60. The van der Waals surface area contributed by atoms with Crippen LogP contribution in [0.2, 0.25) is 0 Å². The molecule has 1 unspecified atom stereocenters. The number of carbonyl (C=O) groups is 2. The van der Waals surface area contributed by atoms with Crippen LogP contribution < -0.4 is 11.1 Å². The third-order valence-electron chi connectivity index (χ3n) is 4.68. The van der Waals surface area contributed by atoms with E-state index in [-0.39, 0.29) is 17.9 Å². The molecule has 7 heteroatoms. The Morgan fingerprint density at radius 2 is 2.15 bits per heavy atom. The second-order valence-electron chi connectivity index (χ2n) is 6.52. The van der Waals surface area contributed by atoms with Gasteiger partial charge in [0.05, 0.1) is 16.7 Å². The van der Waals surface area contributed by atoms with E-state index in [9.17, 15) is 9.59 Å². The summed E-state index contributed by atoms with van der Waals surface area (Å²) >= 11 is 1.44. The fourth-order valence-electron chi connectivity index (χ4n) is 3.33. The number of para-hydroxylation sites is 1.